The fourth-order valence-electron chi connectivity index (χ4n) is 3.04. The van der Waals surface area contributed by atoms with Crippen LogP contribution in [0.1, 0.15) is 18.1 Å². The van der Waals surface area contributed by atoms with Crippen LogP contribution in [0.15, 0.2) is 16.6 Å². The largest absolute Gasteiger partial charge is 0.493 e. The quantitative estimate of drug-likeness (QED) is 0.878. The first-order valence-corrected chi connectivity index (χ1v) is 8.54. The summed E-state index contributed by atoms with van der Waals surface area (Å²) in [5.74, 6) is 1.07. The summed E-state index contributed by atoms with van der Waals surface area (Å²) in [5.41, 5.74) is 2.55. The lowest BCUT2D eigenvalue weighted by Gasteiger charge is -2.32. The van der Waals surface area contributed by atoms with Gasteiger partial charge in [0.1, 0.15) is 5.75 Å². The van der Waals surface area contributed by atoms with Gasteiger partial charge in [0.05, 0.1) is 19.3 Å². The van der Waals surface area contributed by atoms with Gasteiger partial charge in [-0.3, -0.25) is 4.90 Å². The monoisotopic (exact) mass is 354 g/mol. The Kier molecular flexibility index (Phi) is 5.16. The van der Waals surface area contributed by atoms with Crippen LogP contribution in [0.5, 0.6) is 5.75 Å². The van der Waals surface area contributed by atoms with E-state index in [2.05, 4.69) is 45.2 Å². The molecule has 21 heavy (non-hydrogen) atoms. The van der Waals surface area contributed by atoms with E-state index < -0.39 is 0 Å². The number of benzene rings is 1. The molecule has 1 N–H and O–H groups in total. The number of halogens is 1. The van der Waals surface area contributed by atoms with Gasteiger partial charge in [-0.25, -0.2) is 0 Å². The average Bonchev–Trinajstić information content (AvgIpc) is 2.95. The number of nitrogens with one attached hydrogen (secondary N) is 1. The van der Waals surface area contributed by atoms with Gasteiger partial charge in [-0.2, -0.15) is 0 Å². The predicted molar refractivity (Wildman–Crippen MR) is 86.9 cm³/mol. The van der Waals surface area contributed by atoms with Crippen molar-refractivity contribution < 1.29 is 9.47 Å². The minimum atomic E-state index is 0.291. The second kappa shape index (κ2) is 7.09. The molecule has 0 aliphatic carbocycles. The van der Waals surface area contributed by atoms with Gasteiger partial charge < -0.3 is 14.8 Å². The summed E-state index contributed by atoms with van der Waals surface area (Å²) in [6.45, 7) is 8.75. The van der Waals surface area contributed by atoms with Crippen LogP contribution in [0.2, 0.25) is 0 Å². The Morgan fingerprint density at radius 3 is 3.14 bits per heavy atom. The van der Waals surface area contributed by atoms with Gasteiger partial charge in [-0.15, -0.1) is 0 Å². The molecule has 0 aromatic heterocycles. The van der Waals surface area contributed by atoms with Crippen molar-refractivity contribution in [2.45, 2.75) is 26.0 Å². The normalized spacial score (nSPS) is 22.1. The molecule has 1 unspecified atom stereocenters. The third kappa shape index (κ3) is 3.77. The third-order valence-electron chi connectivity index (χ3n) is 4.18. The maximum Gasteiger partial charge on any atom is 0.127 e. The second-order valence-corrected chi connectivity index (χ2v) is 6.58. The van der Waals surface area contributed by atoms with Crippen LogP contribution < -0.4 is 10.1 Å². The lowest BCUT2D eigenvalue weighted by molar-refractivity contribution is -0.0253. The summed E-state index contributed by atoms with van der Waals surface area (Å²) in [6, 6.07) is 4.31. The lowest BCUT2D eigenvalue weighted by atomic mass is 10.1. The lowest BCUT2D eigenvalue weighted by Crippen LogP contribution is -2.46. The Balaban J connectivity index is 1.54. The summed E-state index contributed by atoms with van der Waals surface area (Å²) in [4.78, 5) is 2.44. The maximum absolute atomic E-state index is 5.82. The number of hydrogen-bond donors (Lipinski definition) is 1. The number of nitrogens with zero attached hydrogens (tertiary/aromatic N) is 1. The van der Waals surface area contributed by atoms with Crippen LogP contribution in [0.3, 0.4) is 0 Å². The van der Waals surface area contributed by atoms with Crippen molar-refractivity contribution in [1.82, 2.24) is 10.2 Å². The topological polar surface area (TPSA) is 33.7 Å². The maximum atomic E-state index is 5.82. The first-order valence-electron chi connectivity index (χ1n) is 7.75. The zero-order valence-corrected chi connectivity index (χ0v) is 14.1. The van der Waals surface area contributed by atoms with E-state index in [1.54, 1.807) is 0 Å². The molecule has 1 aromatic rings. The van der Waals surface area contributed by atoms with Gasteiger partial charge in [-0.1, -0.05) is 22.9 Å². The predicted octanol–water partition coefficient (Wildman–Crippen LogP) is 2.19. The molecule has 0 spiro atoms. The zero-order chi connectivity index (χ0) is 14.7. The molecular weight excluding hydrogens is 332 g/mol. The van der Waals surface area contributed by atoms with Gasteiger partial charge in [0.25, 0.3) is 0 Å². The summed E-state index contributed by atoms with van der Waals surface area (Å²) < 4.78 is 12.7. The van der Waals surface area contributed by atoms with Crippen molar-refractivity contribution in [3.05, 3.63) is 27.7 Å². The highest BCUT2D eigenvalue weighted by molar-refractivity contribution is 9.10. The zero-order valence-electron chi connectivity index (χ0n) is 12.5. The van der Waals surface area contributed by atoms with Crippen molar-refractivity contribution in [1.29, 1.82) is 0 Å². The van der Waals surface area contributed by atoms with Crippen LogP contribution in [0, 0.1) is 0 Å². The van der Waals surface area contributed by atoms with Gasteiger partial charge in [-0.05, 0) is 24.2 Å². The molecule has 5 heteroatoms. The molecule has 1 atom stereocenters. The fourth-order valence-corrected chi connectivity index (χ4v) is 3.59. The molecule has 4 nitrogen and oxygen atoms in total. The Morgan fingerprint density at radius 1 is 1.38 bits per heavy atom. The number of rotatable bonds is 5. The van der Waals surface area contributed by atoms with E-state index in [4.69, 9.17) is 9.47 Å². The molecule has 2 heterocycles. The highest BCUT2D eigenvalue weighted by Gasteiger charge is 2.20. The second-order valence-electron chi connectivity index (χ2n) is 5.67. The van der Waals surface area contributed by atoms with Gasteiger partial charge in [0, 0.05) is 42.6 Å². The van der Waals surface area contributed by atoms with Crippen LogP contribution in [0.25, 0.3) is 0 Å². The molecule has 2 aliphatic rings. The summed E-state index contributed by atoms with van der Waals surface area (Å²) in [7, 11) is 0. The molecule has 0 amide bonds. The Bertz CT molecular complexity index is 495. The smallest absolute Gasteiger partial charge is 0.127 e. The summed E-state index contributed by atoms with van der Waals surface area (Å²) >= 11 is 3.59. The SMILES string of the molecule is CCN1CCOC(CNCc2cc(Br)cc3c2OCC3)C1. The highest BCUT2D eigenvalue weighted by atomic mass is 79.9. The molecule has 3 rings (SSSR count). The van der Waals surface area contributed by atoms with Crippen molar-refractivity contribution in [2.24, 2.45) is 0 Å². The van der Waals surface area contributed by atoms with Crippen LogP contribution in [-0.4, -0.2) is 50.4 Å². The fraction of sp³-hybridized carbons (Fsp3) is 0.625. The molecule has 1 aromatic carbocycles. The van der Waals surface area contributed by atoms with Gasteiger partial charge in [0.15, 0.2) is 0 Å². The van der Waals surface area contributed by atoms with Crippen LogP contribution in [0.4, 0.5) is 0 Å². The van der Waals surface area contributed by atoms with Crippen molar-refractivity contribution in [3.8, 4) is 5.75 Å². The number of likely N-dealkylation sites (N-methyl/N-ethyl adjacent to an activating group) is 1. The van der Waals surface area contributed by atoms with Crippen molar-refractivity contribution >= 4 is 15.9 Å². The van der Waals surface area contributed by atoms with Gasteiger partial charge >= 0.3 is 0 Å². The molecule has 2 aliphatic heterocycles. The number of hydrogen-bond acceptors (Lipinski definition) is 4. The van der Waals surface area contributed by atoms with E-state index in [1.807, 2.05) is 0 Å². The molecule has 0 radical (unpaired) electrons. The van der Waals surface area contributed by atoms with Crippen LogP contribution in [-0.2, 0) is 17.7 Å². The molecule has 116 valence electrons. The Hall–Kier alpha value is -0.620. The molecule has 1 saturated heterocycles. The Labute approximate surface area is 134 Å². The molecule has 0 saturated carbocycles. The van der Waals surface area contributed by atoms with E-state index in [-0.39, 0.29) is 0 Å². The summed E-state index contributed by atoms with van der Waals surface area (Å²) in [5, 5.41) is 3.52. The van der Waals surface area contributed by atoms with E-state index >= 15 is 0 Å². The van der Waals surface area contributed by atoms with Crippen molar-refractivity contribution in [2.75, 3.05) is 39.4 Å². The van der Waals surface area contributed by atoms with E-state index in [1.165, 1.54) is 11.1 Å². The first-order chi connectivity index (χ1) is 10.3. The average molecular weight is 355 g/mol. The first kappa shape index (κ1) is 15.3. The number of morpholine rings is 1. The minimum Gasteiger partial charge on any atom is -0.493 e. The Morgan fingerprint density at radius 2 is 2.29 bits per heavy atom. The number of fused-ring (bicyclic) bond motifs is 1. The molecule has 1 fully saturated rings. The minimum absolute atomic E-state index is 0.291. The van der Waals surface area contributed by atoms with E-state index in [0.29, 0.717) is 6.10 Å². The molecular formula is C16H23BrN2O2. The highest BCUT2D eigenvalue weighted by Crippen LogP contribution is 2.32. The van der Waals surface area contributed by atoms with E-state index in [0.717, 1.165) is 62.6 Å². The van der Waals surface area contributed by atoms with Crippen LogP contribution >= 0.6 is 15.9 Å². The van der Waals surface area contributed by atoms with Gasteiger partial charge in [0.2, 0.25) is 0 Å². The van der Waals surface area contributed by atoms with Crippen molar-refractivity contribution in [3.63, 3.8) is 0 Å². The molecule has 0 bridgehead atoms. The third-order valence-corrected chi connectivity index (χ3v) is 4.64. The standard InChI is InChI=1S/C16H23BrN2O2/c1-2-19-4-6-20-15(11-19)10-18-9-13-8-14(17)7-12-3-5-21-16(12)13/h7-8,15,18H,2-6,9-11H2,1H3. The summed E-state index contributed by atoms with van der Waals surface area (Å²) in [6.07, 6.45) is 1.30. The number of ether oxygens (including phenoxy) is 2. The van der Waals surface area contributed by atoms with E-state index in [9.17, 15) is 0 Å².